The van der Waals surface area contributed by atoms with E-state index in [9.17, 15) is 9.18 Å². The van der Waals surface area contributed by atoms with E-state index in [1.165, 1.54) is 18.2 Å². The molecule has 0 aliphatic carbocycles. The van der Waals surface area contributed by atoms with Crippen LogP contribution in [0.3, 0.4) is 0 Å². The van der Waals surface area contributed by atoms with E-state index in [1.54, 1.807) is 31.0 Å². The molecule has 33 heavy (non-hydrogen) atoms. The molecule has 0 aliphatic heterocycles. The number of hydrogen-bond acceptors (Lipinski definition) is 6. The maximum Gasteiger partial charge on any atom is 0.277 e. The predicted molar refractivity (Wildman–Crippen MR) is 120 cm³/mol. The molecule has 2 aromatic heterocycles. The quantitative estimate of drug-likeness (QED) is 0.442. The molecule has 4 rings (SSSR count). The first-order valence-corrected chi connectivity index (χ1v) is 10.2. The second kappa shape index (κ2) is 9.15. The lowest BCUT2D eigenvalue weighted by atomic mass is 10.1. The molecule has 1 amide bonds. The van der Waals surface area contributed by atoms with Gasteiger partial charge >= 0.3 is 0 Å². The van der Waals surface area contributed by atoms with Crippen LogP contribution in [0.1, 0.15) is 27.4 Å². The van der Waals surface area contributed by atoms with E-state index in [0.29, 0.717) is 40.7 Å². The summed E-state index contributed by atoms with van der Waals surface area (Å²) in [6, 6.07) is 12.9. The SMILES string of the molecule is COc1ccc(Cn2nc(C)c(NC(=O)c3cc(-c4ccc(F)cc4)on3)c2C)cc1OC. The van der Waals surface area contributed by atoms with Crippen LogP contribution in [0, 0.1) is 19.7 Å². The Kier molecular flexibility index (Phi) is 6.12. The highest BCUT2D eigenvalue weighted by Crippen LogP contribution is 2.29. The van der Waals surface area contributed by atoms with E-state index in [2.05, 4.69) is 15.6 Å². The van der Waals surface area contributed by atoms with E-state index >= 15 is 0 Å². The number of halogens is 1. The van der Waals surface area contributed by atoms with Gasteiger partial charge in [0, 0.05) is 11.6 Å². The monoisotopic (exact) mass is 450 g/mol. The van der Waals surface area contributed by atoms with Crippen LogP contribution in [0.2, 0.25) is 0 Å². The molecule has 9 heteroatoms. The summed E-state index contributed by atoms with van der Waals surface area (Å²) in [6.07, 6.45) is 0. The molecule has 0 bridgehead atoms. The molecule has 0 aliphatic rings. The molecule has 0 saturated carbocycles. The van der Waals surface area contributed by atoms with Gasteiger partial charge in [-0.3, -0.25) is 9.48 Å². The predicted octanol–water partition coefficient (Wildman–Crippen LogP) is 4.61. The van der Waals surface area contributed by atoms with Crippen LogP contribution in [0.25, 0.3) is 11.3 Å². The third kappa shape index (κ3) is 4.57. The third-order valence-corrected chi connectivity index (χ3v) is 5.27. The van der Waals surface area contributed by atoms with E-state index in [-0.39, 0.29) is 11.5 Å². The van der Waals surface area contributed by atoms with Crippen LogP contribution in [0.4, 0.5) is 10.1 Å². The van der Waals surface area contributed by atoms with Crippen LogP contribution < -0.4 is 14.8 Å². The number of rotatable bonds is 7. The van der Waals surface area contributed by atoms with Crippen molar-refractivity contribution >= 4 is 11.6 Å². The molecule has 170 valence electrons. The third-order valence-electron chi connectivity index (χ3n) is 5.27. The van der Waals surface area contributed by atoms with Crippen molar-refractivity contribution in [3.05, 3.63) is 77.0 Å². The second-order valence-electron chi connectivity index (χ2n) is 7.43. The number of hydrogen-bond donors (Lipinski definition) is 1. The smallest absolute Gasteiger partial charge is 0.277 e. The highest BCUT2D eigenvalue weighted by atomic mass is 19.1. The number of benzene rings is 2. The molecule has 0 atom stereocenters. The van der Waals surface area contributed by atoms with Gasteiger partial charge in [0.25, 0.3) is 5.91 Å². The van der Waals surface area contributed by atoms with E-state index in [0.717, 1.165) is 11.3 Å². The summed E-state index contributed by atoms with van der Waals surface area (Å²) in [7, 11) is 3.18. The number of carbonyl (C=O) groups excluding carboxylic acids is 1. The minimum atomic E-state index is -0.427. The van der Waals surface area contributed by atoms with Gasteiger partial charge in [-0.1, -0.05) is 11.2 Å². The first kappa shape index (κ1) is 22.1. The Balaban J connectivity index is 1.52. The molecule has 0 unspecified atom stereocenters. The zero-order chi connectivity index (χ0) is 23.5. The number of nitrogens with one attached hydrogen (secondary N) is 1. The average Bonchev–Trinajstić information content (AvgIpc) is 3.41. The lowest BCUT2D eigenvalue weighted by Gasteiger charge is -2.10. The number of carbonyl (C=O) groups is 1. The fourth-order valence-corrected chi connectivity index (χ4v) is 3.49. The van der Waals surface area contributed by atoms with E-state index < -0.39 is 5.91 Å². The Morgan fingerprint density at radius 2 is 1.79 bits per heavy atom. The summed E-state index contributed by atoms with van der Waals surface area (Å²) < 4.78 is 30.9. The summed E-state index contributed by atoms with van der Waals surface area (Å²) in [5.74, 6) is 0.872. The Morgan fingerprint density at radius 1 is 1.06 bits per heavy atom. The molecule has 2 heterocycles. The van der Waals surface area contributed by atoms with Crippen molar-refractivity contribution in [2.24, 2.45) is 0 Å². The van der Waals surface area contributed by atoms with Crippen molar-refractivity contribution in [1.29, 1.82) is 0 Å². The number of ether oxygens (including phenoxy) is 2. The van der Waals surface area contributed by atoms with Crippen molar-refractivity contribution in [3.63, 3.8) is 0 Å². The van der Waals surface area contributed by atoms with Crippen molar-refractivity contribution in [1.82, 2.24) is 14.9 Å². The molecule has 0 saturated heterocycles. The van der Waals surface area contributed by atoms with Gasteiger partial charge in [0.1, 0.15) is 5.82 Å². The molecular formula is C24H23FN4O4. The van der Waals surface area contributed by atoms with Crippen LogP contribution in [-0.2, 0) is 6.54 Å². The minimum absolute atomic E-state index is 0.112. The molecule has 8 nitrogen and oxygen atoms in total. The maximum absolute atomic E-state index is 13.1. The van der Waals surface area contributed by atoms with Crippen molar-refractivity contribution in [2.45, 2.75) is 20.4 Å². The summed E-state index contributed by atoms with van der Waals surface area (Å²) in [6.45, 7) is 4.19. The molecule has 0 fully saturated rings. The number of aryl methyl sites for hydroxylation is 1. The topological polar surface area (TPSA) is 91.4 Å². The molecule has 0 radical (unpaired) electrons. The number of amides is 1. The largest absolute Gasteiger partial charge is 0.493 e. The standard InChI is InChI=1S/C24H23FN4O4/c1-14-23(15(2)29(27-14)13-16-5-10-20(31-3)22(11-16)32-4)26-24(30)19-12-21(33-28-19)17-6-8-18(25)9-7-17/h5-12H,13H2,1-4H3,(H,26,30). The number of nitrogens with zero attached hydrogens (tertiary/aromatic N) is 3. The van der Waals surface area contributed by atoms with Gasteiger partial charge in [-0.05, 0) is 55.8 Å². The summed E-state index contributed by atoms with van der Waals surface area (Å²) in [4.78, 5) is 12.8. The lowest BCUT2D eigenvalue weighted by molar-refractivity contribution is 0.101. The number of aromatic nitrogens is 3. The number of anilines is 1. The van der Waals surface area contributed by atoms with E-state index in [1.807, 2.05) is 32.0 Å². The fourth-order valence-electron chi connectivity index (χ4n) is 3.49. The zero-order valence-corrected chi connectivity index (χ0v) is 18.7. The molecule has 1 N–H and O–H groups in total. The average molecular weight is 450 g/mol. The number of methoxy groups -OCH3 is 2. The molecule has 4 aromatic rings. The van der Waals surface area contributed by atoms with Crippen LogP contribution in [0.15, 0.2) is 53.1 Å². The molecule has 2 aromatic carbocycles. The van der Waals surface area contributed by atoms with Gasteiger partial charge in [0.2, 0.25) is 0 Å². The van der Waals surface area contributed by atoms with Gasteiger partial charge in [-0.15, -0.1) is 0 Å². The first-order valence-electron chi connectivity index (χ1n) is 10.2. The Labute approximate surface area is 189 Å². The van der Waals surface area contributed by atoms with Crippen molar-refractivity contribution in [2.75, 3.05) is 19.5 Å². The maximum atomic E-state index is 13.1. The molecule has 0 spiro atoms. The fraction of sp³-hybridized carbons (Fsp3) is 0.208. The Bertz CT molecular complexity index is 1290. The van der Waals surface area contributed by atoms with Gasteiger partial charge in [-0.2, -0.15) is 5.10 Å². The zero-order valence-electron chi connectivity index (χ0n) is 18.7. The van der Waals surface area contributed by atoms with Gasteiger partial charge in [-0.25, -0.2) is 4.39 Å². The second-order valence-corrected chi connectivity index (χ2v) is 7.43. The first-order chi connectivity index (χ1) is 15.9. The Hall–Kier alpha value is -4.14. The van der Waals surface area contributed by atoms with E-state index in [4.69, 9.17) is 14.0 Å². The van der Waals surface area contributed by atoms with Crippen LogP contribution >= 0.6 is 0 Å². The highest BCUT2D eigenvalue weighted by molar-refractivity contribution is 6.03. The summed E-state index contributed by atoms with van der Waals surface area (Å²) in [5, 5.41) is 11.3. The van der Waals surface area contributed by atoms with Gasteiger partial charge in [0.15, 0.2) is 23.0 Å². The summed E-state index contributed by atoms with van der Waals surface area (Å²) in [5.41, 5.74) is 3.77. The lowest BCUT2D eigenvalue weighted by Crippen LogP contribution is -2.13. The van der Waals surface area contributed by atoms with Crippen molar-refractivity contribution < 1.29 is 23.2 Å². The minimum Gasteiger partial charge on any atom is -0.493 e. The van der Waals surface area contributed by atoms with Crippen molar-refractivity contribution in [3.8, 4) is 22.8 Å². The summed E-state index contributed by atoms with van der Waals surface area (Å²) >= 11 is 0. The normalized spacial score (nSPS) is 10.8. The highest BCUT2D eigenvalue weighted by Gasteiger charge is 2.19. The van der Waals surface area contributed by atoms with Crippen LogP contribution in [-0.4, -0.2) is 35.1 Å². The van der Waals surface area contributed by atoms with Crippen LogP contribution in [0.5, 0.6) is 11.5 Å². The Morgan fingerprint density at radius 3 is 2.48 bits per heavy atom. The molecular weight excluding hydrogens is 427 g/mol. The van der Waals surface area contributed by atoms with Gasteiger partial charge < -0.3 is 19.3 Å². The van der Waals surface area contributed by atoms with Gasteiger partial charge in [0.05, 0.1) is 37.8 Å².